The minimum atomic E-state index is 0. The van der Waals surface area contributed by atoms with Gasteiger partial charge in [-0.05, 0) is 0 Å². The topological polar surface area (TPSA) is 17.1 Å². The van der Waals surface area contributed by atoms with Gasteiger partial charge in [-0.3, -0.25) is 0 Å². The zero-order valence-electron chi connectivity index (χ0n) is 1.73. The summed E-state index contributed by atoms with van der Waals surface area (Å²) in [6.07, 6.45) is 0. The second kappa shape index (κ2) is 22.7. The maximum absolute atomic E-state index is 8.38. The van der Waals surface area contributed by atoms with Crippen molar-refractivity contribution in [1.29, 1.82) is 0 Å². The summed E-state index contributed by atoms with van der Waals surface area (Å²) in [5.74, 6) is 0. The second-order valence-electron chi connectivity index (χ2n) is 0. The molecule has 0 spiro atoms. The molecule has 0 rings (SSSR count). The molecule has 0 aliphatic heterocycles. The van der Waals surface area contributed by atoms with E-state index in [0.717, 1.165) is 0 Å². The predicted octanol–water partition coefficient (Wildman–Crippen LogP) is -0.126. The van der Waals surface area contributed by atoms with Crippen molar-refractivity contribution in [3.63, 3.8) is 0 Å². The van der Waals surface area contributed by atoms with E-state index in [9.17, 15) is 0 Å². The van der Waals surface area contributed by atoms with Gasteiger partial charge < -0.3 is 0 Å². The summed E-state index contributed by atoms with van der Waals surface area (Å²) in [6, 6.07) is 0. The molecule has 0 aliphatic rings. The average molecular weight is 248 g/mol. The molecule has 0 aromatic rings. The quantitative estimate of drug-likeness (QED) is 0.546. The number of rotatable bonds is 0. The average Bonchev–Trinajstić information content (AvgIpc) is 1.00. The fourth-order valence-corrected chi connectivity index (χ4v) is 0. The summed E-state index contributed by atoms with van der Waals surface area (Å²) in [4.78, 5) is 0. The van der Waals surface area contributed by atoms with Crippen molar-refractivity contribution in [1.82, 2.24) is 0 Å². The first-order valence-corrected chi connectivity index (χ1v) is 1.50. The monoisotopic (exact) mass is 245 g/mol. The van der Waals surface area contributed by atoms with Gasteiger partial charge in [-0.25, -0.2) is 0 Å². The van der Waals surface area contributed by atoms with Crippen LogP contribution in [0, 0.1) is 0 Å². The van der Waals surface area contributed by atoms with Crippen molar-refractivity contribution in [2.24, 2.45) is 0 Å². The predicted molar refractivity (Wildman–Crippen MR) is 0.686 cm³/mol. The van der Waals surface area contributed by atoms with Crippen LogP contribution in [0.1, 0.15) is 0 Å². The molecule has 1 nitrogen and oxygen atoms in total. The molecule has 0 bridgehead atoms. The Hall–Kier alpha value is 1.66. The molecule has 4 heavy (non-hydrogen) atoms. The van der Waals surface area contributed by atoms with E-state index < -0.39 is 0 Å². The first kappa shape index (κ1) is 17.4. The van der Waals surface area contributed by atoms with Crippen LogP contribution in [-0.2, 0) is 60.7 Å². The van der Waals surface area contributed by atoms with Gasteiger partial charge in [0.25, 0.3) is 0 Å². The van der Waals surface area contributed by atoms with Gasteiger partial charge in [0.2, 0.25) is 0 Å². The Bertz CT molecular complexity index is 8.00. The molecular formula is AgNiOZn. The molecule has 0 N–H and O–H groups in total. The van der Waals surface area contributed by atoms with Crippen LogP contribution in [0.3, 0.4) is 0 Å². The van der Waals surface area contributed by atoms with Crippen LogP contribution in [0.4, 0.5) is 0 Å². The third kappa shape index (κ3) is 9.40. The van der Waals surface area contributed by atoms with E-state index in [4.69, 9.17) is 3.57 Å². The van der Waals surface area contributed by atoms with Crippen LogP contribution >= 0.6 is 0 Å². The van der Waals surface area contributed by atoms with Crippen LogP contribution in [0.5, 0.6) is 0 Å². The van der Waals surface area contributed by atoms with Crippen LogP contribution in [0.2, 0.25) is 0 Å². The van der Waals surface area contributed by atoms with E-state index in [-0.39, 0.29) is 57.1 Å². The zero-order valence-corrected chi connectivity index (χ0v) is 7.17. The van der Waals surface area contributed by atoms with Crippen molar-refractivity contribution in [3.05, 3.63) is 0 Å². The van der Waals surface area contributed by atoms with Crippen molar-refractivity contribution >= 4 is 0 Å². The molecule has 0 heterocycles. The standard InChI is InChI=1S/Ag.Ni.O.Zn. The third-order valence-electron chi connectivity index (χ3n) is 0. The van der Waals surface area contributed by atoms with Crippen LogP contribution in [-0.4, -0.2) is 0 Å². The van der Waals surface area contributed by atoms with Crippen LogP contribution in [0.25, 0.3) is 0 Å². The molecular weight excluding hydrogens is 248 g/mol. The SMILES string of the molecule is [Ag].[Ni].[O]=[Zn]. The Morgan fingerprint density at radius 3 is 1.25 bits per heavy atom. The fraction of sp³-hybridized carbons (Fsp3) is 0. The molecule has 0 saturated heterocycles. The van der Waals surface area contributed by atoms with Gasteiger partial charge in [0, 0.05) is 38.9 Å². The van der Waals surface area contributed by atoms with Gasteiger partial charge >= 0.3 is 21.8 Å². The maximum atomic E-state index is 8.38. The van der Waals surface area contributed by atoms with Gasteiger partial charge in [0.1, 0.15) is 0 Å². The van der Waals surface area contributed by atoms with Gasteiger partial charge in [0.05, 0.1) is 0 Å². The molecule has 0 fully saturated rings. The van der Waals surface area contributed by atoms with Crippen LogP contribution < -0.4 is 0 Å². The van der Waals surface area contributed by atoms with E-state index in [0.29, 0.717) is 0 Å². The Kier molecular flexibility index (Phi) is 98.5. The summed E-state index contributed by atoms with van der Waals surface area (Å²) >= 11 is 0.125. The van der Waals surface area contributed by atoms with E-state index in [1.54, 1.807) is 0 Å². The third-order valence-corrected chi connectivity index (χ3v) is 0. The fourth-order valence-electron chi connectivity index (χ4n) is 0. The van der Waals surface area contributed by atoms with Crippen LogP contribution in [0.15, 0.2) is 0 Å². The van der Waals surface area contributed by atoms with Crippen molar-refractivity contribution < 1.29 is 60.7 Å². The molecule has 29 valence electrons. The molecule has 0 aromatic heterocycles. The van der Waals surface area contributed by atoms with E-state index in [1.165, 1.54) is 0 Å². The first-order chi connectivity index (χ1) is 1.00. The minimum absolute atomic E-state index is 0. The van der Waals surface area contributed by atoms with Crippen molar-refractivity contribution in [3.8, 4) is 0 Å². The van der Waals surface area contributed by atoms with E-state index in [2.05, 4.69) is 0 Å². The zero-order chi connectivity index (χ0) is 2.00. The Labute approximate surface area is 60.3 Å². The summed E-state index contributed by atoms with van der Waals surface area (Å²) in [5, 5.41) is 0. The molecule has 4 heteroatoms. The van der Waals surface area contributed by atoms with Crippen molar-refractivity contribution in [2.75, 3.05) is 0 Å². The summed E-state index contributed by atoms with van der Waals surface area (Å²) in [7, 11) is 0. The molecule has 0 saturated carbocycles. The normalized spacial score (nSPS) is 1.50. The summed E-state index contributed by atoms with van der Waals surface area (Å²) < 4.78 is 8.38. The number of hydrogen-bond donors (Lipinski definition) is 0. The van der Waals surface area contributed by atoms with Gasteiger partial charge in [-0.1, -0.05) is 0 Å². The second-order valence-corrected chi connectivity index (χ2v) is 0. The molecule has 0 atom stereocenters. The Morgan fingerprint density at radius 2 is 1.25 bits per heavy atom. The van der Waals surface area contributed by atoms with Gasteiger partial charge in [-0.2, -0.15) is 0 Å². The molecule has 0 aromatic carbocycles. The number of hydrogen-bond acceptors (Lipinski definition) is 1. The molecule has 0 unspecified atom stereocenters. The summed E-state index contributed by atoms with van der Waals surface area (Å²) in [5.41, 5.74) is 0. The molecule has 1 radical (unpaired) electrons. The summed E-state index contributed by atoms with van der Waals surface area (Å²) in [6.45, 7) is 0. The van der Waals surface area contributed by atoms with Gasteiger partial charge in [0.15, 0.2) is 0 Å². The van der Waals surface area contributed by atoms with Gasteiger partial charge in [-0.15, -0.1) is 0 Å². The first-order valence-electron chi connectivity index (χ1n) is 0.289. The van der Waals surface area contributed by atoms with E-state index >= 15 is 0 Å². The Balaban J connectivity index is -0.00000000500. The Morgan fingerprint density at radius 1 is 1.25 bits per heavy atom. The molecule has 0 aliphatic carbocycles. The van der Waals surface area contributed by atoms with E-state index in [1.807, 2.05) is 0 Å². The molecule has 0 amide bonds. The van der Waals surface area contributed by atoms with Crippen molar-refractivity contribution in [2.45, 2.75) is 0 Å².